The number of imidazole rings is 1. The van der Waals surface area contributed by atoms with Crippen molar-refractivity contribution in [1.29, 1.82) is 0 Å². The van der Waals surface area contributed by atoms with Gasteiger partial charge in [-0.15, -0.1) is 0 Å². The van der Waals surface area contributed by atoms with E-state index in [1.807, 2.05) is 18.2 Å². The van der Waals surface area contributed by atoms with E-state index in [2.05, 4.69) is 52.4 Å². The molecule has 1 heterocycles. The molecule has 0 fully saturated rings. The zero-order valence-corrected chi connectivity index (χ0v) is 16.3. The Kier molecular flexibility index (Phi) is 5.74. The molecule has 138 valence electrons. The number of aromatic nitrogens is 2. The first-order valence-electron chi connectivity index (χ1n) is 9.91. The van der Waals surface area contributed by atoms with Crippen LogP contribution in [0.3, 0.4) is 0 Å². The third-order valence-electron chi connectivity index (χ3n) is 5.25. The van der Waals surface area contributed by atoms with Crippen LogP contribution in [0.2, 0.25) is 5.02 Å². The Bertz CT molecular complexity index is 1030. The standard InChI is InChI=1S/C24H25ClN2/c25-21-15-9-16-22-24(21)27-23(26-22)17-5-3-1-2-4-10-18-12-8-13-19-11-6-7-14-20(18)19/h6-9,11-16H,1-5,10,17H2,(H,26,27). The Balaban J connectivity index is 1.20. The van der Waals surface area contributed by atoms with Crippen molar-refractivity contribution < 1.29 is 0 Å². The third kappa shape index (κ3) is 4.33. The molecule has 3 heteroatoms. The van der Waals surface area contributed by atoms with E-state index in [0.29, 0.717) is 0 Å². The topological polar surface area (TPSA) is 28.7 Å². The van der Waals surface area contributed by atoms with Crippen molar-refractivity contribution in [2.45, 2.75) is 44.9 Å². The van der Waals surface area contributed by atoms with Crippen molar-refractivity contribution >= 4 is 33.4 Å². The van der Waals surface area contributed by atoms with Crippen molar-refractivity contribution in [3.05, 3.63) is 77.1 Å². The molecule has 2 nitrogen and oxygen atoms in total. The minimum atomic E-state index is 0.725. The number of rotatable bonds is 8. The van der Waals surface area contributed by atoms with Crippen LogP contribution in [0.4, 0.5) is 0 Å². The normalized spacial score (nSPS) is 11.4. The van der Waals surface area contributed by atoms with E-state index in [0.717, 1.165) is 28.3 Å². The summed E-state index contributed by atoms with van der Waals surface area (Å²) in [6.07, 6.45) is 8.42. The number of halogens is 1. The second-order valence-corrected chi connectivity index (χ2v) is 7.63. The van der Waals surface area contributed by atoms with E-state index in [-0.39, 0.29) is 0 Å². The molecule has 0 spiro atoms. The van der Waals surface area contributed by atoms with Crippen LogP contribution in [0.15, 0.2) is 60.7 Å². The van der Waals surface area contributed by atoms with Crippen LogP contribution in [-0.2, 0) is 12.8 Å². The highest BCUT2D eigenvalue weighted by Crippen LogP contribution is 2.22. The Morgan fingerprint density at radius 3 is 2.37 bits per heavy atom. The highest BCUT2D eigenvalue weighted by atomic mass is 35.5. The van der Waals surface area contributed by atoms with Crippen LogP contribution >= 0.6 is 11.6 Å². The Labute approximate surface area is 165 Å². The van der Waals surface area contributed by atoms with Crippen LogP contribution in [-0.4, -0.2) is 9.97 Å². The lowest BCUT2D eigenvalue weighted by atomic mass is 9.99. The van der Waals surface area contributed by atoms with Crippen molar-refractivity contribution in [1.82, 2.24) is 9.97 Å². The fraction of sp³-hybridized carbons (Fsp3) is 0.292. The molecular weight excluding hydrogens is 352 g/mol. The molecule has 0 amide bonds. The summed E-state index contributed by atoms with van der Waals surface area (Å²) < 4.78 is 0. The number of aromatic amines is 1. The molecule has 1 aromatic heterocycles. The number of hydrogen-bond acceptors (Lipinski definition) is 1. The quantitative estimate of drug-likeness (QED) is 0.326. The number of nitrogens with zero attached hydrogens (tertiary/aromatic N) is 1. The largest absolute Gasteiger partial charge is 0.342 e. The van der Waals surface area contributed by atoms with Gasteiger partial charge in [0, 0.05) is 6.42 Å². The third-order valence-corrected chi connectivity index (χ3v) is 5.56. The molecule has 4 rings (SSSR count). The lowest BCUT2D eigenvalue weighted by Gasteiger charge is -2.06. The van der Waals surface area contributed by atoms with Gasteiger partial charge in [0.2, 0.25) is 0 Å². The molecule has 0 unspecified atom stereocenters. The van der Waals surface area contributed by atoms with Crippen molar-refractivity contribution in [3.8, 4) is 0 Å². The van der Waals surface area contributed by atoms with E-state index in [1.165, 1.54) is 54.9 Å². The number of fused-ring (bicyclic) bond motifs is 2. The summed E-state index contributed by atoms with van der Waals surface area (Å²) in [5.74, 6) is 1.05. The van der Waals surface area contributed by atoms with E-state index in [1.54, 1.807) is 0 Å². The van der Waals surface area contributed by atoms with Gasteiger partial charge >= 0.3 is 0 Å². The number of H-pyrrole nitrogens is 1. The number of unbranched alkanes of at least 4 members (excludes halogenated alkanes) is 4. The zero-order valence-electron chi connectivity index (χ0n) is 15.5. The first-order chi connectivity index (χ1) is 13.3. The van der Waals surface area contributed by atoms with E-state index >= 15 is 0 Å². The van der Waals surface area contributed by atoms with Gasteiger partial charge in [0.05, 0.1) is 10.5 Å². The van der Waals surface area contributed by atoms with Crippen molar-refractivity contribution in [2.24, 2.45) is 0 Å². The van der Waals surface area contributed by atoms with Crippen LogP contribution in [0.1, 0.15) is 43.5 Å². The molecule has 0 atom stereocenters. The van der Waals surface area contributed by atoms with Gasteiger partial charge in [-0.25, -0.2) is 4.98 Å². The average molecular weight is 377 g/mol. The molecule has 0 aliphatic rings. The Hall–Kier alpha value is -2.32. The second-order valence-electron chi connectivity index (χ2n) is 7.23. The number of benzene rings is 3. The minimum Gasteiger partial charge on any atom is -0.342 e. The second kappa shape index (κ2) is 8.58. The number of para-hydroxylation sites is 1. The zero-order chi connectivity index (χ0) is 18.5. The van der Waals surface area contributed by atoms with Gasteiger partial charge < -0.3 is 4.98 Å². The predicted molar refractivity (Wildman–Crippen MR) is 116 cm³/mol. The van der Waals surface area contributed by atoms with Gasteiger partial charge in [-0.3, -0.25) is 0 Å². The first-order valence-corrected chi connectivity index (χ1v) is 10.3. The Morgan fingerprint density at radius 1 is 0.741 bits per heavy atom. The summed E-state index contributed by atoms with van der Waals surface area (Å²) in [5.41, 5.74) is 3.41. The number of nitrogens with one attached hydrogen (secondary N) is 1. The molecule has 4 aromatic rings. The maximum absolute atomic E-state index is 6.19. The summed E-state index contributed by atoms with van der Waals surface area (Å²) in [7, 11) is 0. The lowest BCUT2D eigenvalue weighted by Crippen LogP contribution is -1.90. The maximum Gasteiger partial charge on any atom is 0.107 e. The van der Waals surface area contributed by atoms with Gasteiger partial charge in [-0.1, -0.05) is 79.4 Å². The summed E-state index contributed by atoms with van der Waals surface area (Å²) in [6, 6.07) is 21.2. The van der Waals surface area contributed by atoms with Crippen molar-refractivity contribution in [2.75, 3.05) is 0 Å². The van der Waals surface area contributed by atoms with Gasteiger partial charge in [0.1, 0.15) is 11.3 Å². The maximum atomic E-state index is 6.19. The fourth-order valence-corrected chi connectivity index (χ4v) is 4.03. The number of aryl methyl sites for hydroxylation is 2. The summed E-state index contributed by atoms with van der Waals surface area (Å²) in [4.78, 5) is 8.01. The average Bonchev–Trinajstić information content (AvgIpc) is 3.12. The van der Waals surface area contributed by atoms with E-state index < -0.39 is 0 Å². The minimum absolute atomic E-state index is 0.725. The van der Waals surface area contributed by atoms with Crippen LogP contribution in [0.5, 0.6) is 0 Å². The van der Waals surface area contributed by atoms with Crippen LogP contribution in [0, 0.1) is 0 Å². The molecule has 0 aliphatic heterocycles. The lowest BCUT2D eigenvalue weighted by molar-refractivity contribution is 0.609. The van der Waals surface area contributed by atoms with Crippen LogP contribution in [0.25, 0.3) is 21.8 Å². The Morgan fingerprint density at radius 2 is 1.48 bits per heavy atom. The molecule has 0 saturated heterocycles. The first kappa shape index (κ1) is 18.1. The summed E-state index contributed by atoms with van der Waals surface area (Å²) in [5, 5.41) is 3.48. The highest BCUT2D eigenvalue weighted by molar-refractivity contribution is 6.34. The highest BCUT2D eigenvalue weighted by Gasteiger charge is 2.05. The molecule has 0 aliphatic carbocycles. The van der Waals surface area contributed by atoms with Gasteiger partial charge in [-0.2, -0.15) is 0 Å². The fourth-order valence-electron chi connectivity index (χ4n) is 3.82. The van der Waals surface area contributed by atoms with Gasteiger partial charge in [0.25, 0.3) is 0 Å². The molecule has 0 saturated carbocycles. The molecule has 3 aromatic carbocycles. The monoisotopic (exact) mass is 376 g/mol. The van der Waals surface area contributed by atoms with Crippen LogP contribution < -0.4 is 0 Å². The summed E-state index contributed by atoms with van der Waals surface area (Å²) >= 11 is 6.19. The molecule has 0 bridgehead atoms. The van der Waals surface area contributed by atoms with Gasteiger partial charge in [-0.05, 0) is 47.7 Å². The van der Waals surface area contributed by atoms with Crippen molar-refractivity contribution in [3.63, 3.8) is 0 Å². The molecule has 0 radical (unpaired) electrons. The SMILES string of the molecule is Clc1cccc2[nH]c(CCCCCCCc3cccc4ccccc34)nc12. The number of hydrogen-bond donors (Lipinski definition) is 1. The van der Waals surface area contributed by atoms with E-state index in [9.17, 15) is 0 Å². The predicted octanol–water partition coefficient (Wildman–Crippen LogP) is 7.11. The smallest absolute Gasteiger partial charge is 0.107 e. The van der Waals surface area contributed by atoms with Gasteiger partial charge in [0.15, 0.2) is 0 Å². The van der Waals surface area contributed by atoms with E-state index in [4.69, 9.17) is 11.6 Å². The molecule has 1 N–H and O–H groups in total. The molecule has 27 heavy (non-hydrogen) atoms. The molecular formula is C24H25ClN2. The summed E-state index contributed by atoms with van der Waals surface area (Å²) in [6.45, 7) is 0.